The lowest BCUT2D eigenvalue weighted by Crippen LogP contribution is -2.23. The minimum atomic E-state index is 0.414. The number of benzene rings is 1. The number of nitriles is 1. The summed E-state index contributed by atoms with van der Waals surface area (Å²) in [6.45, 7) is 6.26. The SMILES string of the molecule is Cc1c(/C=N/NC(=S)Nc2ccc(C(C)C)cc2)cc(C#N)n1C. The third kappa shape index (κ3) is 4.21. The van der Waals surface area contributed by atoms with E-state index in [2.05, 4.69) is 47.9 Å². The van der Waals surface area contributed by atoms with Crippen molar-refractivity contribution in [3.8, 4) is 6.07 Å². The van der Waals surface area contributed by atoms with Crippen molar-refractivity contribution in [3.63, 3.8) is 0 Å². The van der Waals surface area contributed by atoms with Gasteiger partial charge in [-0.15, -0.1) is 0 Å². The zero-order valence-corrected chi connectivity index (χ0v) is 15.1. The average Bonchev–Trinajstić information content (AvgIpc) is 2.83. The van der Waals surface area contributed by atoms with Gasteiger partial charge in [-0.3, -0.25) is 5.43 Å². The molecule has 2 rings (SSSR count). The zero-order chi connectivity index (χ0) is 17.7. The maximum atomic E-state index is 9.03. The Kier molecular flexibility index (Phi) is 5.72. The number of aromatic nitrogens is 1. The van der Waals surface area contributed by atoms with Crippen molar-refractivity contribution < 1.29 is 0 Å². The zero-order valence-electron chi connectivity index (χ0n) is 14.3. The van der Waals surface area contributed by atoms with Gasteiger partial charge in [0.1, 0.15) is 11.8 Å². The largest absolute Gasteiger partial charge is 0.339 e. The summed E-state index contributed by atoms with van der Waals surface area (Å²) in [6, 6.07) is 12.1. The van der Waals surface area contributed by atoms with Crippen LogP contribution in [0.5, 0.6) is 0 Å². The lowest BCUT2D eigenvalue weighted by Gasteiger charge is -2.09. The molecule has 1 heterocycles. The molecule has 1 aromatic carbocycles. The van der Waals surface area contributed by atoms with E-state index in [1.807, 2.05) is 30.7 Å². The third-order valence-electron chi connectivity index (χ3n) is 3.89. The molecule has 124 valence electrons. The van der Waals surface area contributed by atoms with E-state index in [4.69, 9.17) is 17.5 Å². The number of nitrogens with zero attached hydrogens (tertiary/aromatic N) is 3. The normalized spacial score (nSPS) is 10.8. The Morgan fingerprint density at radius 2 is 2.00 bits per heavy atom. The van der Waals surface area contributed by atoms with Gasteiger partial charge in [0.25, 0.3) is 0 Å². The fourth-order valence-corrected chi connectivity index (χ4v) is 2.40. The van der Waals surface area contributed by atoms with Gasteiger partial charge in [-0.05, 0) is 48.8 Å². The molecular formula is C18H21N5S. The molecule has 0 fully saturated rings. The van der Waals surface area contributed by atoms with Crippen LogP contribution in [0.3, 0.4) is 0 Å². The van der Waals surface area contributed by atoms with Gasteiger partial charge in [0.15, 0.2) is 5.11 Å². The van der Waals surface area contributed by atoms with E-state index in [1.165, 1.54) is 5.56 Å². The van der Waals surface area contributed by atoms with E-state index in [-0.39, 0.29) is 0 Å². The molecule has 0 radical (unpaired) electrons. The number of nitrogens with one attached hydrogen (secondary N) is 2. The Balaban J connectivity index is 1.94. The molecule has 0 aliphatic rings. The van der Waals surface area contributed by atoms with E-state index in [1.54, 1.807) is 12.3 Å². The Morgan fingerprint density at radius 1 is 1.33 bits per heavy atom. The molecule has 0 aliphatic heterocycles. The number of hydrogen-bond donors (Lipinski definition) is 2. The van der Waals surface area contributed by atoms with Gasteiger partial charge in [0.05, 0.1) is 6.21 Å². The number of hydrazone groups is 1. The summed E-state index contributed by atoms with van der Waals surface area (Å²) in [5.41, 5.74) is 7.43. The minimum Gasteiger partial charge on any atom is -0.339 e. The molecule has 0 bridgehead atoms. The molecule has 24 heavy (non-hydrogen) atoms. The molecule has 0 spiro atoms. The van der Waals surface area contributed by atoms with Gasteiger partial charge in [0.2, 0.25) is 0 Å². The Bertz CT molecular complexity index is 794. The Hall–Kier alpha value is -2.65. The number of rotatable bonds is 4. The lowest BCUT2D eigenvalue weighted by atomic mass is 10.0. The van der Waals surface area contributed by atoms with Crippen LogP contribution in [0.15, 0.2) is 35.4 Å². The number of thiocarbonyl (C=S) groups is 1. The molecular weight excluding hydrogens is 318 g/mol. The van der Waals surface area contributed by atoms with E-state index < -0.39 is 0 Å². The van der Waals surface area contributed by atoms with Crippen LogP contribution in [-0.4, -0.2) is 15.9 Å². The summed E-state index contributed by atoms with van der Waals surface area (Å²) in [5.74, 6) is 0.501. The Morgan fingerprint density at radius 3 is 2.54 bits per heavy atom. The lowest BCUT2D eigenvalue weighted by molar-refractivity contribution is 0.865. The van der Waals surface area contributed by atoms with Crippen molar-refractivity contribution in [2.45, 2.75) is 26.7 Å². The highest BCUT2D eigenvalue weighted by Crippen LogP contribution is 2.17. The smallest absolute Gasteiger partial charge is 0.191 e. The molecule has 1 aromatic heterocycles. The van der Waals surface area contributed by atoms with Crippen LogP contribution in [0.2, 0.25) is 0 Å². The molecule has 0 amide bonds. The van der Waals surface area contributed by atoms with Crippen molar-refractivity contribution in [1.82, 2.24) is 9.99 Å². The molecule has 6 heteroatoms. The van der Waals surface area contributed by atoms with Crippen molar-refractivity contribution in [2.75, 3.05) is 5.32 Å². The quantitative estimate of drug-likeness (QED) is 0.507. The van der Waals surface area contributed by atoms with Crippen LogP contribution >= 0.6 is 12.2 Å². The van der Waals surface area contributed by atoms with E-state index in [0.29, 0.717) is 16.7 Å². The second-order valence-electron chi connectivity index (χ2n) is 5.84. The third-order valence-corrected chi connectivity index (χ3v) is 4.09. The first-order valence-corrected chi connectivity index (χ1v) is 8.09. The van der Waals surface area contributed by atoms with Gasteiger partial charge in [-0.2, -0.15) is 10.4 Å². The van der Waals surface area contributed by atoms with Crippen LogP contribution in [0.4, 0.5) is 5.69 Å². The average molecular weight is 339 g/mol. The fraction of sp³-hybridized carbons (Fsp3) is 0.278. The van der Waals surface area contributed by atoms with E-state index in [9.17, 15) is 0 Å². The van der Waals surface area contributed by atoms with Gasteiger partial charge >= 0.3 is 0 Å². The first-order chi connectivity index (χ1) is 11.4. The van der Waals surface area contributed by atoms with Crippen molar-refractivity contribution in [2.24, 2.45) is 12.1 Å². The summed E-state index contributed by atoms with van der Waals surface area (Å²) in [6.07, 6.45) is 1.66. The predicted molar refractivity (Wildman–Crippen MR) is 102 cm³/mol. The number of anilines is 1. The molecule has 0 atom stereocenters. The monoisotopic (exact) mass is 339 g/mol. The topological polar surface area (TPSA) is 65.1 Å². The second-order valence-corrected chi connectivity index (χ2v) is 6.25. The van der Waals surface area contributed by atoms with Gasteiger partial charge in [-0.1, -0.05) is 26.0 Å². The summed E-state index contributed by atoms with van der Waals surface area (Å²) < 4.78 is 1.83. The number of hydrogen-bond acceptors (Lipinski definition) is 3. The second kappa shape index (κ2) is 7.75. The molecule has 0 saturated carbocycles. The van der Waals surface area contributed by atoms with Crippen LogP contribution in [0, 0.1) is 18.3 Å². The van der Waals surface area contributed by atoms with E-state index >= 15 is 0 Å². The molecule has 2 aromatic rings. The Labute approximate surface area is 148 Å². The van der Waals surface area contributed by atoms with Crippen LogP contribution in [0.25, 0.3) is 0 Å². The van der Waals surface area contributed by atoms with E-state index in [0.717, 1.165) is 16.9 Å². The van der Waals surface area contributed by atoms with Gasteiger partial charge in [0, 0.05) is 24.0 Å². The highest BCUT2D eigenvalue weighted by atomic mass is 32.1. The predicted octanol–water partition coefficient (Wildman–Crippen LogP) is 3.65. The van der Waals surface area contributed by atoms with Crippen molar-refractivity contribution in [3.05, 3.63) is 52.8 Å². The molecule has 0 unspecified atom stereocenters. The summed E-state index contributed by atoms with van der Waals surface area (Å²) in [4.78, 5) is 0. The summed E-state index contributed by atoms with van der Waals surface area (Å²) in [7, 11) is 1.85. The molecule has 2 N–H and O–H groups in total. The van der Waals surface area contributed by atoms with Crippen LogP contribution < -0.4 is 10.7 Å². The maximum Gasteiger partial charge on any atom is 0.191 e. The van der Waals surface area contributed by atoms with Gasteiger partial charge < -0.3 is 9.88 Å². The molecule has 5 nitrogen and oxygen atoms in total. The van der Waals surface area contributed by atoms with Crippen molar-refractivity contribution in [1.29, 1.82) is 5.26 Å². The summed E-state index contributed by atoms with van der Waals surface area (Å²) in [5, 5.41) is 16.7. The highest BCUT2D eigenvalue weighted by Gasteiger charge is 2.06. The standard InChI is InChI=1S/C18H21N5S/c1-12(2)14-5-7-16(8-6-14)21-18(24)22-20-11-15-9-17(10-19)23(4)13(15)3/h5-9,11-12H,1-4H3,(H2,21,22,24)/b20-11+. The molecule has 0 saturated heterocycles. The first-order valence-electron chi connectivity index (χ1n) is 7.68. The first kappa shape index (κ1) is 17.7. The maximum absolute atomic E-state index is 9.03. The van der Waals surface area contributed by atoms with Crippen molar-refractivity contribution >= 4 is 29.2 Å². The van der Waals surface area contributed by atoms with Crippen LogP contribution in [-0.2, 0) is 7.05 Å². The highest BCUT2D eigenvalue weighted by molar-refractivity contribution is 7.80. The molecule has 0 aliphatic carbocycles. The summed E-state index contributed by atoms with van der Waals surface area (Å²) >= 11 is 5.23. The fourth-order valence-electron chi connectivity index (χ4n) is 2.23. The van der Waals surface area contributed by atoms with Gasteiger partial charge in [-0.25, -0.2) is 0 Å². The minimum absolute atomic E-state index is 0.414. The van der Waals surface area contributed by atoms with Crippen LogP contribution in [0.1, 0.15) is 42.3 Å².